The molecule has 0 fully saturated rings. The number of nitriles is 1. The van der Waals surface area contributed by atoms with E-state index in [0.717, 1.165) is 0 Å². The number of alkyl halides is 2. The molecule has 0 saturated carbocycles. The number of rotatable bonds is 0. The number of hydrogen-bond donors (Lipinski definition) is 0. The Kier molecular flexibility index (Phi) is 2.76. The van der Waals surface area contributed by atoms with E-state index in [2.05, 4.69) is 24.3 Å². The van der Waals surface area contributed by atoms with Crippen molar-refractivity contribution in [1.82, 2.24) is 0 Å². The molecule has 0 aromatic carbocycles. The topological polar surface area (TPSA) is 23.8 Å². The van der Waals surface area contributed by atoms with Gasteiger partial charge in [-0.15, -0.1) is 0 Å². The summed E-state index contributed by atoms with van der Waals surface area (Å²) in [6.45, 7) is 0. The largest absolute Gasteiger partial charge is 0.195 e. The van der Waals surface area contributed by atoms with Gasteiger partial charge in [0.2, 0.25) is 0 Å². The number of halogens is 2. The smallest absolute Gasteiger partial charge is 0.193 e. The number of hydrogen-bond acceptors (Lipinski definition) is 1. The van der Waals surface area contributed by atoms with Crippen LogP contribution in [0.3, 0.4) is 0 Å². The minimum Gasteiger partial charge on any atom is -0.195 e. The highest BCUT2D eigenvalue weighted by Crippen LogP contribution is 2.29. The van der Waals surface area contributed by atoms with Gasteiger partial charge in [-0.1, -0.05) is 47.5 Å². The van der Waals surface area contributed by atoms with Gasteiger partial charge in [0.15, 0.2) is 4.84 Å². The Labute approximate surface area is 75.2 Å². The Bertz CT molecular complexity index is 250. The Morgan fingerprint density at radius 3 is 1.36 bits per heavy atom. The Morgan fingerprint density at radius 2 is 1.36 bits per heavy atom. The van der Waals surface area contributed by atoms with Crippen LogP contribution in [0.4, 0.5) is 0 Å². The fourth-order valence-electron chi connectivity index (χ4n) is 0.663. The van der Waals surface area contributed by atoms with Gasteiger partial charge in [0, 0.05) is 0 Å². The second kappa shape index (κ2) is 3.61. The van der Waals surface area contributed by atoms with Crippen molar-refractivity contribution in [2.24, 2.45) is 0 Å². The summed E-state index contributed by atoms with van der Waals surface area (Å²) in [6, 6.07) is 10.0. The molecule has 2 rings (SSSR count). The monoisotopic (exact) mass is 185 g/mol. The molecule has 0 atom stereocenters. The fourth-order valence-corrected chi connectivity index (χ4v) is 0.663. The van der Waals surface area contributed by atoms with Crippen LogP contribution in [0.5, 0.6) is 0 Å². The van der Waals surface area contributed by atoms with Gasteiger partial charge >= 0.3 is 0 Å². The van der Waals surface area contributed by atoms with Crippen LogP contribution < -0.4 is 0 Å². The lowest BCUT2D eigenvalue weighted by atomic mass is 9.95. The van der Waals surface area contributed by atoms with Crippen molar-refractivity contribution in [3.63, 3.8) is 0 Å². The van der Waals surface area contributed by atoms with E-state index in [9.17, 15) is 0 Å². The van der Waals surface area contributed by atoms with Gasteiger partial charge in [0.25, 0.3) is 0 Å². The standard InChI is InChI=1S/C6H4.C2HCl2N/c1-2-6-4-3-5(1)6;3-2(4)1-5/h1-4H;2H. The molecule has 2 aliphatic carbocycles. The molecule has 56 valence electrons. The molecule has 0 aromatic heterocycles. The maximum atomic E-state index is 7.63. The third kappa shape index (κ3) is 2.11. The average Bonchev–Trinajstić information content (AvgIpc) is 1.98. The second-order valence-electron chi connectivity index (χ2n) is 2.01. The highest BCUT2D eigenvalue weighted by atomic mass is 35.5. The zero-order valence-corrected chi connectivity index (χ0v) is 7.10. The first-order chi connectivity index (χ1) is 5.24. The highest BCUT2D eigenvalue weighted by molar-refractivity contribution is 6.46. The molecular weight excluding hydrogens is 181 g/mol. The predicted molar refractivity (Wildman–Crippen MR) is 46.5 cm³/mol. The molecule has 0 aliphatic heterocycles. The third-order valence-electron chi connectivity index (χ3n) is 1.32. The van der Waals surface area contributed by atoms with E-state index in [1.807, 2.05) is 0 Å². The average molecular weight is 186 g/mol. The predicted octanol–water partition coefficient (Wildman–Crippen LogP) is 2.98. The zero-order valence-electron chi connectivity index (χ0n) is 5.59. The van der Waals surface area contributed by atoms with Gasteiger partial charge in [0.05, 0.1) is 6.07 Å². The van der Waals surface area contributed by atoms with Crippen molar-refractivity contribution >= 4 is 23.2 Å². The minimum absolute atomic E-state index is 0.866. The third-order valence-corrected chi connectivity index (χ3v) is 1.51. The van der Waals surface area contributed by atoms with Crippen molar-refractivity contribution < 1.29 is 0 Å². The summed E-state index contributed by atoms with van der Waals surface area (Å²) in [5.41, 5.74) is 2.85. The molecule has 3 heteroatoms. The maximum absolute atomic E-state index is 7.63. The van der Waals surface area contributed by atoms with Gasteiger partial charge in [0.1, 0.15) is 0 Å². The van der Waals surface area contributed by atoms with Gasteiger partial charge < -0.3 is 0 Å². The first-order valence-electron chi connectivity index (χ1n) is 3.02. The van der Waals surface area contributed by atoms with Crippen molar-refractivity contribution in [3.8, 4) is 17.2 Å². The van der Waals surface area contributed by atoms with E-state index in [0.29, 0.717) is 0 Å². The summed E-state index contributed by atoms with van der Waals surface area (Å²) in [7, 11) is 0. The lowest BCUT2D eigenvalue weighted by Crippen LogP contribution is -1.85. The van der Waals surface area contributed by atoms with Crippen LogP contribution in [-0.4, -0.2) is 4.84 Å². The lowest BCUT2D eigenvalue weighted by molar-refractivity contribution is 1.45. The summed E-state index contributed by atoms with van der Waals surface area (Å²) in [4.78, 5) is -0.866. The molecule has 0 N–H and O–H groups in total. The van der Waals surface area contributed by atoms with Crippen LogP contribution in [0.15, 0.2) is 24.3 Å². The first kappa shape index (κ1) is 8.39. The molecule has 0 aromatic rings. The quantitative estimate of drug-likeness (QED) is 0.580. The molecule has 11 heavy (non-hydrogen) atoms. The number of nitrogens with zero attached hydrogens (tertiary/aromatic N) is 1. The molecule has 0 radical (unpaired) electrons. The molecule has 0 unspecified atom stereocenters. The van der Waals surface area contributed by atoms with Crippen molar-refractivity contribution in [3.05, 3.63) is 24.3 Å². The summed E-state index contributed by atoms with van der Waals surface area (Å²) < 4.78 is 0. The Hall–Kier alpha value is -0.710. The summed E-state index contributed by atoms with van der Waals surface area (Å²) in [5.74, 6) is 0. The summed E-state index contributed by atoms with van der Waals surface area (Å²) >= 11 is 9.73. The van der Waals surface area contributed by atoms with Gasteiger partial charge in [-0.3, -0.25) is 0 Å². The molecule has 1 nitrogen and oxygen atoms in total. The normalized spacial score (nSPS) is 9.64. The summed E-state index contributed by atoms with van der Waals surface area (Å²) in [6.07, 6.45) is 0. The SMILES string of the molecule is N#CC(Cl)Cl.c1cc2ccc1-2. The number of fused-ring (bicyclic) bond motifs is 1. The van der Waals surface area contributed by atoms with Crippen LogP contribution in [0, 0.1) is 11.3 Å². The number of benzene rings is 1. The first-order valence-corrected chi connectivity index (χ1v) is 3.89. The second-order valence-corrected chi connectivity index (χ2v) is 3.10. The van der Waals surface area contributed by atoms with E-state index in [1.54, 1.807) is 6.07 Å². The summed E-state index contributed by atoms with van der Waals surface area (Å²) in [5, 5.41) is 7.63. The van der Waals surface area contributed by atoms with Gasteiger partial charge in [-0.25, -0.2) is 0 Å². The fraction of sp³-hybridized carbons (Fsp3) is 0.125. The molecule has 0 amide bonds. The maximum Gasteiger partial charge on any atom is 0.193 e. The van der Waals surface area contributed by atoms with E-state index in [-0.39, 0.29) is 0 Å². The van der Waals surface area contributed by atoms with Gasteiger partial charge in [-0.05, 0) is 11.1 Å². The van der Waals surface area contributed by atoms with E-state index < -0.39 is 4.84 Å². The van der Waals surface area contributed by atoms with Crippen LogP contribution in [-0.2, 0) is 0 Å². The van der Waals surface area contributed by atoms with Crippen LogP contribution in [0.2, 0.25) is 0 Å². The zero-order chi connectivity index (χ0) is 8.27. The Balaban J connectivity index is 0.000000114. The Morgan fingerprint density at radius 1 is 1.09 bits per heavy atom. The van der Waals surface area contributed by atoms with Crippen LogP contribution >= 0.6 is 23.2 Å². The molecule has 2 aliphatic rings. The molecule has 0 heterocycles. The van der Waals surface area contributed by atoms with E-state index in [4.69, 9.17) is 28.5 Å². The molecular formula is C8H5Cl2N. The van der Waals surface area contributed by atoms with E-state index in [1.165, 1.54) is 11.1 Å². The van der Waals surface area contributed by atoms with Crippen molar-refractivity contribution in [1.29, 1.82) is 5.26 Å². The highest BCUT2D eigenvalue weighted by Gasteiger charge is 2.03. The lowest BCUT2D eigenvalue weighted by Gasteiger charge is -2.10. The van der Waals surface area contributed by atoms with Crippen molar-refractivity contribution in [2.75, 3.05) is 0 Å². The van der Waals surface area contributed by atoms with Crippen LogP contribution in [0.25, 0.3) is 11.1 Å². The minimum atomic E-state index is -0.866. The van der Waals surface area contributed by atoms with E-state index >= 15 is 0 Å². The van der Waals surface area contributed by atoms with Crippen molar-refractivity contribution in [2.45, 2.75) is 4.84 Å². The van der Waals surface area contributed by atoms with Gasteiger partial charge in [-0.2, -0.15) is 5.26 Å². The molecule has 0 saturated heterocycles. The molecule has 0 spiro atoms. The van der Waals surface area contributed by atoms with Crippen LogP contribution in [0.1, 0.15) is 0 Å². The molecule has 0 bridgehead atoms.